The van der Waals surface area contributed by atoms with E-state index in [1.807, 2.05) is 0 Å². The van der Waals surface area contributed by atoms with Gasteiger partial charge in [-0.15, -0.1) is 0 Å². The zero-order valence-corrected chi connectivity index (χ0v) is 10.2. The van der Waals surface area contributed by atoms with Crippen LogP contribution in [-0.2, 0) is 4.79 Å². The highest BCUT2D eigenvalue weighted by molar-refractivity contribution is 5.78. The second-order valence-corrected chi connectivity index (χ2v) is 4.38. The number of Topliss-reactive ketones (excluding diaryl/α,β-unsaturated/α-hetero) is 1. The zero-order valence-electron chi connectivity index (χ0n) is 10.2. The number of hydrogen-bond donors (Lipinski definition) is 3. The van der Waals surface area contributed by atoms with Gasteiger partial charge >= 0.3 is 0 Å². The third kappa shape index (κ3) is 3.05. The molecule has 0 saturated carbocycles. The van der Waals surface area contributed by atoms with Crippen LogP contribution in [0.2, 0.25) is 0 Å². The fourth-order valence-electron chi connectivity index (χ4n) is 1.57. The SMILES string of the molecule is CC(=O)[C@@H](C)[C@H](O)[C@@H](O)c1ccc(O)c(C)c1. The fraction of sp³-hybridized carbons (Fsp3) is 0.462. The quantitative estimate of drug-likeness (QED) is 0.739. The molecule has 4 heteroatoms. The average Bonchev–Trinajstić information content (AvgIpc) is 2.29. The van der Waals surface area contributed by atoms with Crippen molar-refractivity contribution < 1.29 is 20.1 Å². The minimum atomic E-state index is -1.14. The first-order valence-corrected chi connectivity index (χ1v) is 5.50. The van der Waals surface area contributed by atoms with Crippen molar-refractivity contribution in [3.8, 4) is 5.75 Å². The number of carbonyl (C=O) groups is 1. The lowest BCUT2D eigenvalue weighted by atomic mass is 9.92. The molecule has 0 bridgehead atoms. The van der Waals surface area contributed by atoms with Crippen molar-refractivity contribution in [2.24, 2.45) is 5.92 Å². The molecule has 0 radical (unpaired) electrons. The maximum absolute atomic E-state index is 11.1. The average molecular weight is 238 g/mol. The molecule has 94 valence electrons. The van der Waals surface area contributed by atoms with Gasteiger partial charge in [0.05, 0.1) is 6.10 Å². The number of aliphatic hydroxyl groups excluding tert-OH is 2. The number of aromatic hydroxyl groups is 1. The molecular formula is C13H18O4. The van der Waals surface area contributed by atoms with Crippen molar-refractivity contribution in [2.45, 2.75) is 33.0 Å². The summed E-state index contributed by atoms with van der Waals surface area (Å²) < 4.78 is 0. The van der Waals surface area contributed by atoms with E-state index in [0.29, 0.717) is 11.1 Å². The summed E-state index contributed by atoms with van der Waals surface area (Å²) in [4.78, 5) is 11.1. The molecule has 1 aromatic carbocycles. The number of aryl methyl sites for hydroxylation is 1. The first kappa shape index (κ1) is 13.7. The molecule has 0 amide bonds. The number of aliphatic hydroxyl groups is 2. The van der Waals surface area contributed by atoms with Crippen molar-refractivity contribution in [1.82, 2.24) is 0 Å². The van der Waals surface area contributed by atoms with Crippen molar-refractivity contribution in [1.29, 1.82) is 0 Å². The molecule has 0 fully saturated rings. The summed E-state index contributed by atoms with van der Waals surface area (Å²) in [5.74, 6) is -0.666. The molecule has 0 aromatic heterocycles. The zero-order chi connectivity index (χ0) is 13.2. The molecule has 4 nitrogen and oxygen atoms in total. The normalized spacial score (nSPS) is 16.3. The Hall–Kier alpha value is -1.39. The lowest BCUT2D eigenvalue weighted by Crippen LogP contribution is -2.30. The van der Waals surface area contributed by atoms with E-state index in [1.165, 1.54) is 19.1 Å². The third-order valence-electron chi connectivity index (χ3n) is 3.04. The third-order valence-corrected chi connectivity index (χ3v) is 3.04. The molecule has 3 atom stereocenters. The number of phenols is 1. The summed E-state index contributed by atoms with van der Waals surface area (Å²) in [6.07, 6.45) is -2.27. The topological polar surface area (TPSA) is 77.8 Å². The van der Waals surface area contributed by atoms with Crippen LogP contribution >= 0.6 is 0 Å². The van der Waals surface area contributed by atoms with Gasteiger partial charge in [-0.05, 0) is 37.1 Å². The van der Waals surface area contributed by atoms with E-state index in [0.717, 1.165) is 0 Å². The van der Waals surface area contributed by atoms with Crippen LogP contribution in [-0.4, -0.2) is 27.2 Å². The second-order valence-electron chi connectivity index (χ2n) is 4.38. The molecule has 0 saturated heterocycles. The molecule has 1 aromatic rings. The number of phenolic OH excluding ortho intramolecular Hbond substituents is 1. The Bertz CT molecular complexity index is 414. The van der Waals surface area contributed by atoms with E-state index in [2.05, 4.69) is 0 Å². The molecule has 0 unspecified atom stereocenters. The summed E-state index contributed by atoms with van der Waals surface area (Å²) >= 11 is 0. The van der Waals surface area contributed by atoms with Crippen LogP contribution in [0.4, 0.5) is 0 Å². The summed E-state index contributed by atoms with van der Waals surface area (Å²) in [5.41, 5.74) is 1.10. The maximum atomic E-state index is 11.1. The fourth-order valence-corrected chi connectivity index (χ4v) is 1.57. The second kappa shape index (κ2) is 5.29. The summed E-state index contributed by atoms with van der Waals surface area (Å²) in [6, 6.07) is 4.58. The Kier molecular flexibility index (Phi) is 4.26. The Morgan fingerprint density at radius 1 is 1.29 bits per heavy atom. The standard InChI is InChI=1S/C13H18O4/c1-7-6-10(4-5-11(7)15)13(17)12(16)8(2)9(3)14/h4-6,8,12-13,15-17H,1-3H3/t8-,12+,13+/m1/s1. The van der Waals surface area contributed by atoms with Gasteiger partial charge < -0.3 is 15.3 Å². The Morgan fingerprint density at radius 3 is 2.35 bits per heavy atom. The van der Waals surface area contributed by atoms with Crippen LogP contribution in [0.1, 0.15) is 31.1 Å². The van der Waals surface area contributed by atoms with E-state index in [9.17, 15) is 20.1 Å². The smallest absolute Gasteiger partial charge is 0.135 e. The van der Waals surface area contributed by atoms with Crippen LogP contribution in [0.5, 0.6) is 5.75 Å². The van der Waals surface area contributed by atoms with Gasteiger partial charge in [0, 0.05) is 5.92 Å². The lowest BCUT2D eigenvalue weighted by Gasteiger charge is -2.22. The van der Waals surface area contributed by atoms with Gasteiger partial charge in [0.2, 0.25) is 0 Å². The Morgan fingerprint density at radius 2 is 1.88 bits per heavy atom. The molecule has 0 aliphatic heterocycles. The number of rotatable bonds is 4. The summed E-state index contributed by atoms with van der Waals surface area (Å²) in [5, 5.41) is 29.1. The summed E-state index contributed by atoms with van der Waals surface area (Å²) in [6.45, 7) is 4.65. The van der Waals surface area contributed by atoms with Gasteiger partial charge in [0.1, 0.15) is 17.6 Å². The van der Waals surface area contributed by atoms with Gasteiger partial charge in [-0.25, -0.2) is 0 Å². The van der Waals surface area contributed by atoms with E-state index in [4.69, 9.17) is 0 Å². The highest BCUT2D eigenvalue weighted by Crippen LogP contribution is 2.26. The summed E-state index contributed by atoms with van der Waals surface area (Å²) in [7, 11) is 0. The number of ketones is 1. The monoisotopic (exact) mass is 238 g/mol. The first-order chi connectivity index (χ1) is 7.84. The van der Waals surface area contributed by atoms with Crippen LogP contribution in [0.15, 0.2) is 18.2 Å². The Balaban J connectivity index is 2.92. The Labute approximate surface area is 101 Å². The minimum Gasteiger partial charge on any atom is -0.508 e. The maximum Gasteiger partial charge on any atom is 0.135 e. The molecule has 17 heavy (non-hydrogen) atoms. The van der Waals surface area contributed by atoms with Crippen LogP contribution < -0.4 is 0 Å². The molecule has 1 rings (SSSR count). The van der Waals surface area contributed by atoms with Gasteiger partial charge in [0.25, 0.3) is 0 Å². The van der Waals surface area contributed by atoms with Crippen LogP contribution in [0.25, 0.3) is 0 Å². The number of carbonyl (C=O) groups excluding carboxylic acids is 1. The minimum absolute atomic E-state index is 0.134. The molecule has 0 heterocycles. The van der Waals surface area contributed by atoms with E-state index >= 15 is 0 Å². The predicted molar refractivity (Wildman–Crippen MR) is 63.7 cm³/mol. The van der Waals surface area contributed by atoms with E-state index < -0.39 is 18.1 Å². The number of benzene rings is 1. The van der Waals surface area contributed by atoms with Gasteiger partial charge in [-0.3, -0.25) is 4.79 Å². The molecule has 3 N–H and O–H groups in total. The van der Waals surface area contributed by atoms with E-state index in [1.54, 1.807) is 19.9 Å². The van der Waals surface area contributed by atoms with Crippen molar-refractivity contribution in [3.05, 3.63) is 29.3 Å². The molecule has 0 spiro atoms. The van der Waals surface area contributed by atoms with Crippen molar-refractivity contribution in [2.75, 3.05) is 0 Å². The van der Waals surface area contributed by atoms with E-state index in [-0.39, 0.29) is 11.5 Å². The predicted octanol–water partition coefficient (Wildman–Crippen LogP) is 1.32. The highest BCUT2D eigenvalue weighted by Gasteiger charge is 2.27. The molecular weight excluding hydrogens is 220 g/mol. The van der Waals surface area contributed by atoms with Gasteiger partial charge in [-0.1, -0.05) is 13.0 Å². The van der Waals surface area contributed by atoms with Crippen molar-refractivity contribution >= 4 is 5.78 Å². The van der Waals surface area contributed by atoms with Crippen molar-refractivity contribution in [3.63, 3.8) is 0 Å². The van der Waals surface area contributed by atoms with Crippen LogP contribution in [0.3, 0.4) is 0 Å². The number of hydrogen-bond acceptors (Lipinski definition) is 4. The largest absolute Gasteiger partial charge is 0.508 e. The van der Waals surface area contributed by atoms with Gasteiger partial charge in [0.15, 0.2) is 0 Å². The molecule has 0 aliphatic rings. The van der Waals surface area contributed by atoms with Crippen LogP contribution in [0, 0.1) is 12.8 Å². The first-order valence-electron chi connectivity index (χ1n) is 5.50. The van der Waals surface area contributed by atoms with Gasteiger partial charge in [-0.2, -0.15) is 0 Å². The lowest BCUT2D eigenvalue weighted by molar-refractivity contribution is -0.126. The highest BCUT2D eigenvalue weighted by atomic mass is 16.3. The molecule has 0 aliphatic carbocycles.